The molecule has 0 radical (unpaired) electrons. The second-order valence-electron chi connectivity index (χ2n) is 8.46. The van der Waals surface area contributed by atoms with Crippen LogP contribution in [-0.4, -0.2) is 31.4 Å². The van der Waals surface area contributed by atoms with Gasteiger partial charge >= 0.3 is 0 Å². The number of aryl methyl sites for hydroxylation is 3. The fourth-order valence-electron chi connectivity index (χ4n) is 3.52. The molecule has 0 bridgehead atoms. The van der Waals surface area contributed by atoms with Gasteiger partial charge in [0, 0.05) is 17.5 Å². The van der Waals surface area contributed by atoms with Crippen LogP contribution in [0.1, 0.15) is 28.1 Å². The third-order valence-corrected chi connectivity index (χ3v) is 7.63. The summed E-state index contributed by atoms with van der Waals surface area (Å²) in [6.07, 6.45) is 1.78. The minimum Gasteiger partial charge on any atom is -0.485 e. The van der Waals surface area contributed by atoms with Gasteiger partial charge in [-0.2, -0.15) is 0 Å². The van der Waals surface area contributed by atoms with Crippen molar-refractivity contribution in [3.63, 3.8) is 0 Å². The lowest BCUT2D eigenvalue weighted by Gasteiger charge is -2.12. The highest BCUT2D eigenvalue weighted by atomic mass is 32.2. The van der Waals surface area contributed by atoms with Crippen LogP contribution in [0.3, 0.4) is 0 Å². The highest BCUT2D eigenvalue weighted by Crippen LogP contribution is 2.27. The average Bonchev–Trinajstić information content (AvgIpc) is 3.48. The molecule has 2 aromatic heterocycles. The normalized spacial score (nSPS) is 10.9. The summed E-state index contributed by atoms with van der Waals surface area (Å²) in [6.45, 7) is 12.9. The van der Waals surface area contributed by atoms with Crippen molar-refractivity contribution in [1.82, 2.24) is 19.7 Å². The molecular weight excluding hydrogens is 490 g/mol. The zero-order chi connectivity index (χ0) is 25.7. The Labute approximate surface area is 219 Å². The van der Waals surface area contributed by atoms with E-state index in [0.29, 0.717) is 22.7 Å². The molecule has 0 atom stereocenters. The lowest BCUT2D eigenvalue weighted by molar-refractivity contribution is -0.113. The number of ether oxygens (including phenoxy) is 1. The van der Waals surface area contributed by atoms with Gasteiger partial charge < -0.3 is 10.1 Å². The Morgan fingerprint density at radius 1 is 1.14 bits per heavy atom. The van der Waals surface area contributed by atoms with E-state index >= 15 is 0 Å². The van der Waals surface area contributed by atoms with Gasteiger partial charge in [0.2, 0.25) is 5.91 Å². The van der Waals surface area contributed by atoms with Crippen LogP contribution in [0.15, 0.2) is 59.6 Å². The summed E-state index contributed by atoms with van der Waals surface area (Å²) in [5, 5.41) is 14.6. The quantitative estimate of drug-likeness (QED) is 0.200. The molecule has 0 aliphatic carbocycles. The molecule has 0 aliphatic heterocycles. The number of carbonyl (C=O) groups is 1. The van der Waals surface area contributed by atoms with Crippen LogP contribution in [0.5, 0.6) is 5.75 Å². The largest absolute Gasteiger partial charge is 0.485 e. The fraction of sp³-hybridized carbons (Fsp3) is 0.259. The predicted molar refractivity (Wildman–Crippen MR) is 147 cm³/mol. The molecule has 0 saturated carbocycles. The minimum absolute atomic E-state index is 0.151. The summed E-state index contributed by atoms with van der Waals surface area (Å²) in [7, 11) is 0. The number of thioether (sulfide) groups is 1. The summed E-state index contributed by atoms with van der Waals surface area (Å²) in [5.74, 6) is 1.53. The Morgan fingerprint density at radius 2 is 1.97 bits per heavy atom. The van der Waals surface area contributed by atoms with E-state index in [1.807, 2.05) is 35.1 Å². The highest BCUT2D eigenvalue weighted by molar-refractivity contribution is 7.99. The molecule has 186 valence electrons. The van der Waals surface area contributed by atoms with Gasteiger partial charge in [0.1, 0.15) is 12.4 Å². The molecule has 1 amide bonds. The summed E-state index contributed by atoms with van der Waals surface area (Å²) in [4.78, 5) is 17.2. The number of benzene rings is 2. The number of amides is 1. The molecule has 0 saturated heterocycles. The standard InChI is InChI=1S/C27H29N5O2S2/c1-6-12-32-24(14-34-23-9-7-8-18(3)20(23)5)30-31-27(32)36-16-25(33)29-26-28-22(15-35-26)21-11-10-17(2)19(4)13-21/h6-11,13,15H,1,12,14,16H2,2-5H3,(H,28,29,33). The Morgan fingerprint density at radius 3 is 2.75 bits per heavy atom. The van der Waals surface area contributed by atoms with Crippen LogP contribution >= 0.6 is 23.1 Å². The first-order chi connectivity index (χ1) is 17.4. The van der Waals surface area contributed by atoms with Crippen molar-refractivity contribution >= 4 is 34.1 Å². The predicted octanol–water partition coefficient (Wildman–Crippen LogP) is 6.13. The zero-order valence-corrected chi connectivity index (χ0v) is 22.5. The Balaban J connectivity index is 1.37. The monoisotopic (exact) mass is 519 g/mol. The van der Waals surface area contributed by atoms with Crippen molar-refractivity contribution in [3.8, 4) is 17.0 Å². The molecule has 4 rings (SSSR count). The van der Waals surface area contributed by atoms with Crippen molar-refractivity contribution in [2.24, 2.45) is 0 Å². The zero-order valence-electron chi connectivity index (χ0n) is 20.9. The van der Waals surface area contributed by atoms with Gasteiger partial charge in [-0.3, -0.25) is 9.36 Å². The van der Waals surface area contributed by atoms with Gasteiger partial charge in [0.15, 0.2) is 16.1 Å². The second-order valence-corrected chi connectivity index (χ2v) is 10.3. The average molecular weight is 520 g/mol. The number of carbonyl (C=O) groups excluding carboxylic acids is 1. The molecule has 0 aliphatic rings. The number of anilines is 1. The first-order valence-electron chi connectivity index (χ1n) is 11.5. The number of nitrogens with zero attached hydrogens (tertiary/aromatic N) is 4. The van der Waals surface area contributed by atoms with E-state index in [1.165, 1.54) is 39.8 Å². The van der Waals surface area contributed by atoms with Gasteiger partial charge in [0.25, 0.3) is 0 Å². The number of allylic oxidation sites excluding steroid dienone is 1. The number of hydrogen-bond donors (Lipinski definition) is 1. The second kappa shape index (κ2) is 11.5. The van der Waals surface area contributed by atoms with Gasteiger partial charge in [-0.25, -0.2) is 4.98 Å². The topological polar surface area (TPSA) is 81.9 Å². The van der Waals surface area contributed by atoms with Crippen LogP contribution < -0.4 is 10.1 Å². The van der Waals surface area contributed by atoms with Crippen LogP contribution in [0.2, 0.25) is 0 Å². The van der Waals surface area contributed by atoms with E-state index in [1.54, 1.807) is 6.08 Å². The molecule has 0 fully saturated rings. The summed E-state index contributed by atoms with van der Waals surface area (Å²) >= 11 is 2.73. The lowest BCUT2D eigenvalue weighted by Crippen LogP contribution is -2.15. The molecule has 1 N–H and O–H groups in total. The number of aromatic nitrogens is 4. The van der Waals surface area contributed by atoms with E-state index < -0.39 is 0 Å². The van der Waals surface area contributed by atoms with Crippen molar-refractivity contribution < 1.29 is 9.53 Å². The Hall–Kier alpha value is -3.43. The van der Waals surface area contributed by atoms with Crippen molar-refractivity contribution in [1.29, 1.82) is 0 Å². The lowest BCUT2D eigenvalue weighted by atomic mass is 10.1. The Kier molecular flexibility index (Phi) is 8.22. The van der Waals surface area contributed by atoms with Crippen LogP contribution in [0.25, 0.3) is 11.3 Å². The molecule has 0 spiro atoms. The van der Waals surface area contributed by atoms with Crippen molar-refractivity contribution in [3.05, 3.63) is 82.5 Å². The molecule has 9 heteroatoms. The van der Waals surface area contributed by atoms with E-state index in [9.17, 15) is 4.79 Å². The molecule has 36 heavy (non-hydrogen) atoms. The molecule has 0 unspecified atom stereocenters. The van der Waals surface area contributed by atoms with Crippen molar-refractivity contribution in [2.45, 2.75) is 46.0 Å². The van der Waals surface area contributed by atoms with E-state index in [4.69, 9.17) is 4.74 Å². The highest BCUT2D eigenvalue weighted by Gasteiger charge is 2.16. The first-order valence-corrected chi connectivity index (χ1v) is 13.4. The minimum atomic E-state index is -0.151. The molecule has 7 nitrogen and oxygen atoms in total. The molecular formula is C27H29N5O2S2. The number of rotatable bonds is 10. The smallest absolute Gasteiger partial charge is 0.236 e. The maximum absolute atomic E-state index is 12.6. The van der Waals surface area contributed by atoms with E-state index in [2.05, 4.69) is 66.0 Å². The summed E-state index contributed by atoms with van der Waals surface area (Å²) in [5.41, 5.74) is 6.61. The van der Waals surface area contributed by atoms with Gasteiger partial charge in [-0.05, 0) is 62.1 Å². The van der Waals surface area contributed by atoms with Crippen LogP contribution in [0.4, 0.5) is 5.13 Å². The number of thiazole rings is 1. The third-order valence-electron chi connectivity index (χ3n) is 5.90. The maximum atomic E-state index is 12.6. The Bertz CT molecular complexity index is 1390. The van der Waals surface area contributed by atoms with E-state index in [-0.39, 0.29) is 18.3 Å². The SMILES string of the molecule is C=CCn1c(COc2cccc(C)c2C)nnc1SCC(=O)Nc1nc(-c2ccc(C)c(C)c2)cs1. The molecule has 4 aromatic rings. The summed E-state index contributed by atoms with van der Waals surface area (Å²) < 4.78 is 7.92. The maximum Gasteiger partial charge on any atom is 0.236 e. The van der Waals surface area contributed by atoms with Gasteiger partial charge in [0.05, 0.1) is 11.4 Å². The number of nitrogens with one attached hydrogen (secondary N) is 1. The van der Waals surface area contributed by atoms with Crippen LogP contribution in [-0.2, 0) is 17.9 Å². The molecule has 2 heterocycles. The van der Waals surface area contributed by atoms with E-state index in [0.717, 1.165) is 22.6 Å². The van der Waals surface area contributed by atoms with Crippen molar-refractivity contribution in [2.75, 3.05) is 11.1 Å². The van der Waals surface area contributed by atoms with Crippen LogP contribution in [0, 0.1) is 27.7 Å². The summed E-state index contributed by atoms with van der Waals surface area (Å²) in [6, 6.07) is 12.2. The number of hydrogen-bond acceptors (Lipinski definition) is 7. The fourth-order valence-corrected chi connectivity index (χ4v) is 5.02. The van der Waals surface area contributed by atoms with Gasteiger partial charge in [-0.15, -0.1) is 28.1 Å². The van der Waals surface area contributed by atoms with Gasteiger partial charge in [-0.1, -0.05) is 42.1 Å². The first kappa shape index (κ1) is 25.7. The molecule has 2 aromatic carbocycles. The third kappa shape index (κ3) is 6.03.